The van der Waals surface area contributed by atoms with Crippen molar-refractivity contribution in [3.8, 4) is 79.7 Å². The van der Waals surface area contributed by atoms with E-state index in [-0.39, 0.29) is 0 Å². The van der Waals surface area contributed by atoms with Crippen molar-refractivity contribution < 1.29 is 22.4 Å². The van der Waals surface area contributed by atoms with Crippen molar-refractivity contribution in [1.82, 2.24) is 0 Å². The third-order valence-corrected chi connectivity index (χ3v) is 16.9. The summed E-state index contributed by atoms with van der Waals surface area (Å²) in [6.07, 6.45) is 0. The number of hydrogen-bond donors (Lipinski definition) is 0. The number of fused-ring (bicyclic) bond motifs is 22. The second-order valence-corrected chi connectivity index (χ2v) is 20.8. The molecular formula is C66H38N4OPt. The van der Waals surface area contributed by atoms with E-state index >= 15 is 0 Å². The van der Waals surface area contributed by atoms with Crippen molar-refractivity contribution in [3.05, 3.63) is 253 Å². The van der Waals surface area contributed by atoms with Gasteiger partial charge in [-0.25, -0.2) is 0 Å². The number of hydrogen-bond acceptors (Lipinski definition) is 5. The molecule has 6 heteroatoms. The summed E-state index contributed by atoms with van der Waals surface area (Å²) in [4.78, 5) is 10.2. The standard InChI is InChI=1S/C66H38N4O.Pt/c1-3-31-63-61(29-1)67-43-69(63)65-57-25-11-26-58(65)50-18-6-14-46(38-50)34-36-48-16-8-20-52(40-48)60-28-12-27-59(51-19-7-15-47(39-51)35-33-45-13-5-17-49(57)37-45)66(60)70-44-68(62-30-2-4-32-64(62)70)54-22-10-24-56(42-54)71-55-23-9-21-53(67)41-55;/h1-32,37-42H;. The fraction of sp³-hybridized carbons (Fsp3) is 0. The normalized spacial score (nSPS) is 13.8. The molecule has 0 fully saturated rings. The molecule has 0 radical (unpaired) electrons. The van der Waals surface area contributed by atoms with Crippen molar-refractivity contribution in [2.45, 2.75) is 0 Å². The van der Waals surface area contributed by atoms with Crippen LogP contribution in [0.5, 0.6) is 11.5 Å². The number of anilines is 8. The van der Waals surface area contributed by atoms with Crippen LogP contribution in [0.3, 0.4) is 0 Å². The molecule has 0 unspecified atom stereocenters. The molecule has 338 valence electrons. The summed E-state index contributed by atoms with van der Waals surface area (Å²) >= 11 is -1.24. The maximum absolute atomic E-state index is 6.88. The van der Waals surface area contributed by atoms with Crippen molar-refractivity contribution in [3.63, 3.8) is 0 Å². The zero-order valence-electron chi connectivity index (χ0n) is 38.5. The summed E-state index contributed by atoms with van der Waals surface area (Å²) in [5, 5.41) is 0. The van der Waals surface area contributed by atoms with Crippen LogP contribution >= 0.6 is 0 Å². The van der Waals surface area contributed by atoms with Crippen LogP contribution in [0.1, 0.15) is 22.3 Å². The van der Waals surface area contributed by atoms with Gasteiger partial charge in [0.15, 0.2) is 0 Å². The molecule has 0 amide bonds. The number of para-hydroxylation sites is 6. The van der Waals surface area contributed by atoms with Gasteiger partial charge in [-0.05, 0) is 0 Å². The predicted molar refractivity (Wildman–Crippen MR) is 291 cm³/mol. The molecule has 5 aliphatic heterocycles. The van der Waals surface area contributed by atoms with E-state index in [0.29, 0.717) is 0 Å². The fourth-order valence-corrected chi connectivity index (χ4v) is 14.4. The zero-order valence-corrected chi connectivity index (χ0v) is 40.7. The van der Waals surface area contributed by atoms with E-state index in [0.717, 1.165) is 124 Å². The summed E-state index contributed by atoms with van der Waals surface area (Å²) in [5.74, 6) is 15.9. The van der Waals surface area contributed by atoms with Crippen LogP contribution < -0.4 is 24.3 Å². The van der Waals surface area contributed by atoms with Crippen molar-refractivity contribution in [1.29, 1.82) is 0 Å². The Morgan fingerprint density at radius 1 is 0.292 bits per heavy atom. The second-order valence-electron chi connectivity index (χ2n) is 18.2. The molecule has 0 N–H and O–H groups in total. The topological polar surface area (TPSA) is 22.2 Å². The number of nitrogens with zero attached hydrogens (tertiary/aromatic N) is 4. The van der Waals surface area contributed by atoms with Crippen LogP contribution in [0.2, 0.25) is 0 Å². The van der Waals surface area contributed by atoms with Crippen molar-refractivity contribution >= 4 is 53.8 Å². The molecule has 72 heavy (non-hydrogen) atoms. The Morgan fingerprint density at radius 3 is 0.972 bits per heavy atom. The summed E-state index contributed by atoms with van der Waals surface area (Å²) < 4.78 is 9.21. The molecule has 0 aromatic heterocycles. The van der Waals surface area contributed by atoms with E-state index in [2.05, 4.69) is 274 Å². The number of ether oxygens (including phenoxy) is 1. The average molecular weight is 1100 g/mol. The Balaban J connectivity index is 1.21. The van der Waals surface area contributed by atoms with Crippen LogP contribution in [0, 0.1) is 23.7 Å². The van der Waals surface area contributed by atoms with E-state index in [4.69, 9.17) is 4.74 Å². The molecule has 5 heterocycles. The first-order chi connectivity index (χ1) is 35.7. The van der Waals surface area contributed by atoms with Crippen LogP contribution in [0.25, 0.3) is 44.5 Å². The van der Waals surface area contributed by atoms with Gasteiger partial charge in [0.1, 0.15) is 0 Å². The van der Waals surface area contributed by atoms with Gasteiger partial charge in [-0.15, -0.1) is 0 Å². The molecule has 0 spiro atoms. The third kappa shape index (κ3) is 6.49. The SMILES string of the molecule is C1#Cc2cccc(c2)-c2cccc3c2N2[C]4=[Pt]=[C]5N(c6cccc(c6)Oc6cccc(c6)N4c4ccccc42)c2ccccc2N5c2c(cccc2-c2cccc(c2)C#Cc2cccc-3c2)-c2cccc1c2. The molecule has 10 aromatic rings. The molecule has 15 rings (SSSR count). The monoisotopic (exact) mass is 1100 g/mol. The first kappa shape index (κ1) is 40.6. The van der Waals surface area contributed by atoms with Gasteiger partial charge in [-0.1, -0.05) is 0 Å². The van der Waals surface area contributed by atoms with E-state index in [1.54, 1.807) is 0 Å². The molecule has 0 aliphatic carbocycles. The number of rotatable bonds is 0. The first-order valence-corrected chi connectivity index (χ1v) is 26.3. The van der Waals surface area contributed by atoms with Crippen LogP contribution in [-0.4, -0.2) is 8.29 Å². The van der Waals surface area contributed by atoms with Crippen LogP contribution in [0.15, 0.2) is 231 Å². The van der Waals surface area contributed by atoms with Gasteiger partial charge in [0.25, 0.3) is 0 Å². The Kier molecular flexibility index (Phi) is 9.12. The van der Waals surface area contributed by atoms with E-state index in [9.17, 15) is 0 Å². The molecule has 0 atom stereocenters. The Morgan fingerprint density at radius 2 is 0.611 bits per heavy atom. The quantitative estimate of drug-likeness (QED) is 0.141. The van der Waals surface area contributed by atoms with E-state index in [1.807, 2.05) is 0 Å². The predicted octanol–water partition coefficient (Wildman–Crippen LogP) is 15.4. The summed E-state index contributed by atoms with van der Waals surface area (Å²) in [6.45, 7) is 0. The van der Waals surface area contributed by atoms with Gasteiger partial charge in [0, 0.05) is 0 Å². The summed E-state index contributed by atoms with van der Waals surface area (Å²) in [5.41, 5.74) is 21.0. The van der Waals surface area contributed by atoms with Gasteiger partial charge in [0.2, 0.25) is 0 Å². The van der Waals surface area contributed by atoms with E-state index in [1.165, 1.54) is 8.29 Å². The second kappa shape index (κ2) is 16.2. The van der Waals surface area contributed by atoms with Crippen LogP contribution in [0.4, 0.5) is 45.5 Å². The van der Waals surface area contributed by atoms with Gasteiger partial charge >= 0.3 is 428 Å². The van der Waals surface area contributed by atoms with Gasteiger partial charge in [-0.2, -0.15) is 0 Å². The fourth-order valence-electron chi connectivity index (χ4n) is 10.7. The molecular weight excluding hydrogens is 1060 g/mol. The molecule has 10 aromatic carbocycles. The Hall–Kier alpha value is -9.25. The van der Waals surface area contributed by atoms with Gasteiger partial charge in [-0.3, -0.25) is 0 Å². The van der Waals surface area contributed by atoms with Gasteiger partial charge in [0.05, 0.1) is 0 Å². The average Bonchev–Trinajstić information content (AvgIpc) is 3.93. The number of benzene rings is 10. The first-order valence-electron chi connectivity index (χ1n) is 24.0. The van der Waals surface area contributed by atoms with Gasteiger partial charge < -0.3 is 0 Å². The van der Waals surface area contributed by atoms with Crippen molar-refractivity contribution in [2.24, 2.45) is 0 Å². The Labute approximate surface area is 425 Å². The minimum atomic E-state index is -1.24. The van der Waals surface area contributed by atoms with E-state index < -0.39 is 17.6 Å². The zero-order chi connectivity index (χ0) is 47.3. The summed E-state index contributed by atoms with van der Waals surface area (Å²) in [6, 6.07) is 83.4. The molecule has 16 bridgehead atoms. The molecule has 0 saturated carbocycles. The molecule has 5 aliphatic rings. The third-order valence-electron chi connectivity index (χ3n) is 13.9. The molecule has 0 saturated heterocycles. The minimum absolute atomic E-state index is 0.766. The Bertz CT molecular complexity index is 3790. The maximum atomic E-state index is 6.88. The van der Waals surface area contributed by atoms with Crippen LogP contribution in [-0.2, 0) is 17.6 Å². The summed E-state index contributed by atoms with van der Waals surface area (Å²) in [7, 11) is 0. The molecule has 5 nitrogen and oxygen atoms in total. The van der Waals surface area contributed by atoms with Crippen molar-refractivity contribution in [2.75, 3.05) is 19.6 Å².